The van der Waals surface area contributed by atoms with E-state index in [0.717, 1.165) is 16.8 Å². The minimum atomic E-state index is -0.804. The third-order valence-corrected chi connectivity index (χ3v) is 5.54. The topological polar surface area (TPSA) is 142 Å². The lowest BCUT2D eigenvalue weighted by Crippen LogP contribution is -2.19. The Kier molecular flexibility index (Phi) is 8.98. The Morgan fingerprint density at radius 2 is 1.65 bits per heavy atom. The summed E-state index contributed by atoms with van der Waals surface area (Å²) in [5.74, 6) is -0.377. The van der Waals surface area contributed by atoms with E-state index < -0.39 is 10.9 Å². The van der Waals surface area contributed by atoms with Crippen molar-refractivity contribution in [3.8, 4) is 5.75 Å². The van der Waals surface area contributed by atoms with E-state index in [-0.39, 0.29) is 17.8 Å². The second-order valence-corrected chi connectivity index (χ2v) is 8.40. The number of ether oxygens (including phenoxy) is 1. The number of aliphatic carboxylic acids is 1. The Morgan fingerprint density at radius 1 is 0.973 bits per heavy atom. The molecule has 0 aliphatic carbocycles. The zero-order chi connectivity index (χ0) is 26.9. The molecule has 3 aromatic rings. The average molecular weight is 505 g/mol. The summed E-state index contributed by atoms with van der Waals surface area (Å²) in [6.45, 7) is 4.23. The van der Waals surface area contributed by atoms with E-state index in [0.29, 0.717) is 35.8 Å². The van der Waals surface area contributed by atoms with Crippen molar-refractivity contribution in [3.63, 3.8) is 0 Å². The largest absolute Gasteiger partial charge is 0.494 e. The van der Waals surface area contributed by atoms with Crippen LogP contribution in [0.1, 0.15) is 24.0 Å². The number of carboxylic acids is 1. The summed E-state index contributed by atoms with van der Waals surface area (Å²) < 4.78 is 5.45. The summed E-state index contributed by atoms with van der Waals surface area (Å²) in [7, 11) is 3.41. The smallest absolute Gasteiger partial charge is 0.303 e. The highest BCUT2D eigenvalue weighted by Gasteiger charge is 2.14. The van der Waals surface area contributed by atoms with Crippen molar-refractivity contribution in [2.24, 2.45) is 20.5 Å². The number of hydrogen-bond acceptors (Lipinski definition) is 9. The van der Waals surface area contributed by atoms with Crippen molar-refractivity contribution in [1.29, 1.82) is 0 Å². The Labute approximate surface area is 214 Å². The Balaban J connectivity index is 1.76. The number of anilines is 1. The maximum atomic E-state index is 11.3. The number of hydrogen-bond donors (Lipinski definition) is 1. The number of carbonyl (C=O) groups is 1. The van der Waals surface area contributed by atoms with E-state index in [2.05, 4.69) is 20.5 Å². The lowest BCUT2D eigenvalue weighted by Gasteiger charge is -2.18. The predicted molar refractivity (Wildman–Crippen MR) is 140 cm³/mol. The number of nitrogens with zero attached hydrogens (tertiary/aromatic N) is 6. The molecule has 0 bridgehead atoms. The van der Waals surface area contributed by atoms with Gasteiger partial charge in [-0.3, -0.25) is 14.9 Å². The molecule has 0 unspecified atom stereocenters. The van der Waals surface area contributed by atoms with Gasteiger partial charge in [-0.25, -0.2) is 0 Å². The summed E-state index contributed by atoms with van der Waals surface area (Å²) in [5.41, 5.74) is 4.11. The van der Waals surface area contributed by atoms with Crippen molar-refractivity contribution in [2.75, 3.05) is 25.6 Å². The Bertz CT molecular complexity index is 1340. The van der Waals surface area contributed by atoms with Crippen LogP contribution in [0.3, 0.4) is 0 Å². The maximum absolute atomic E-state index is 11.3. The highest BCUT2D eigenvalue weighted by atomic mass is 16.6. The molecule has 0 spiro atoms. The van der Waals surface area contributed by atoms with Gasteiger partial charge in [0.05, 0.1) is 23.4 Å². The minimum absolute atomic E-state index is 0.115. The molecule has 37 heavy (non-hydrogen) atoms. The van der Waals surface area contributed by atoms with Crippen molar-refractivity contribution in [1.82, 2.24) is 0 Å². The standard InChI is InChI=1S/C26H28N6O5/c1-17-7-12-21(24(14-17)32(35)36)28-29-22-16-25(37-4)23(15-18(22)2)30-27-19-8-10-20(11-9-19)31(3)13-5-6-26(33)34/h7-12,14-16H,5-6,13H2,1-4H3,(H,33,34). The maximum Gasteiger partial charge on any atom is 0.303 e. The second kappa shape index (κ2) is 12.3. The fourth-order valence-corrected chi connectivity index (χ4v) is 3.47. The van der Waals surface area contributed by atoms with Gasteiger partial charge in [0.2, 0.25) is 0 Å². The van der Waals surface area contributed by atoms with Crippen LogP contribution in [0.15, 0.2) is 75.1 Å². The van der Waals surface area contributed by atoms with Gasteiger partial charge in [-0.1, -0.05) is 6.07 Å². The Hall–Kier alpha value is -4.67. The van der Waals surface area contributed by atoms with Gasteiger partial charge in [0.15, 0.2) is 5.69 Å². The molecule has 0 saturated heterocycles. The van der Waals surface area contributed by atoms with Gasteiger partial charge >= 0.3 is 5.97 Å². The SMILES string of the molecule is COc1cc(N=Nc2ccc(C)cc2[N+](=O)[O-])c(C)cc1N=Nc1ccc(N(C)CCCC(=O)O)cc1. The number of aryl methyl sites for hydroxylation is 2. The summed E-state index contributed by atoms with van der Waals surface area (Å²) in [5, 5.41) is 37.0. The van der Waals surface area contributed by atoms with Crippen LogP contribution in [0.25, 0.3) is 0 Å². The van der Waals surface area contributed by atoms with E-state index in [1.165, 1.54) is 13.2 Å². The normalized spacial score (nSPS) is 11.2. The number of rotatable bonds is 11. The Morgan fingerprint density at radius 3 is 2.30 bits per heavy atom. The second-order valence-electron chi connectivity index (χ2n) is 8.40. The molecule has 0 aromatic heterocycles. The first kappa shape index (κ1) is 26.9. The van der Waals surface area contributed by atoms with Gasteiger partial charge in [-0.15, -0.1) is 15.3 Å². The van der Waals surface area contributed by atoms with E-state index in [4.69, 9.17) is 9.84 Å². The van der Waals surface area contributed by atoms with Crippen molar-refractivity contribution in [3.05, 3.63) is 75.8 Å². The van der Waals surface area contributed by atoms with Crippen LogP contribution in [0, 0.1) is 24.0 Å². The number of carboxylic acid groups (broad SMARTS) is 1. The third-order valence-electron chi connectivity index (χ3n) is 5.54. The van der Waals surface area contributed by atoms with Gasteiger partial charge in [0.1, 0.15) is 11.4 Å². The van der Waals surface area contributed by atoms with E-state index >= 15 is 0 Å². The molecular formula is C26H28N6O5. The number of nitro benzene ring substituents is 1. The van der Waals surface area contributed by atoms with Crippen molar-refractivity contribution >= 4 is 40.1 Å². The lowest BCUT2D eigenvalue weighted by atomic mass is 10.1. The molecule has 1 N–H and O–H groups in total. The summed E-state index contributed by atoms with van der Waals surface area (Å²) in [4.78, 5) is 23.5. The highest BCUT2D eigenvalue weighted by Crippen LogP contribution is 2.37. The van der Waals surface area contributed by atoms with Crippen molar-refractivity contribution < 1.29 is 19.6 Å². The van der Waals surface area contributed by atoms with Gasteiger partial charge < -0.3 is 14.7 Å². The molecule has 0 aliphatic heterocycles. The van der Waals surface area contributed by atoms with Gasteiger partial charge in [0, 0.05) is 37.8 Å². The van der Waals surface area contributed by atoms with Crippen LogP contribution in [-0.2, 0) is 4.79 Å². The van der Waals surface area contributed by atoms with Crippen LogP contribution in [0.4, 0.5) is 34.1 Å². The molecule has 3 aromatic carbocycles. The zero-order valence-electron chi connectivity index (χ0n) is 21.1. The van der Waals surface area contributed by atoms with E-state index in [1.54, 1.807) is 31.2 Å². The molecule has 3 rings (SSSR count). The summed E-state index contributed by atoms with van der Waals surface area (Å²) >= 11 is 0. The third kappa shape index (κ3) is 7.40. The molecule has 11 nitrogen and oxygen atoms in total. The van der Waals surface area contributed by atoms with Crippen LogP contribution < -0.4 is 9.64 Å². The molecule has 0 radical (unpaired) electrons. The van der Waals surface area contributed by atoms with Crippen LogP contribution in [0.5, 0.6) is 5.75 Å². The molecule has 0 amide bonds. The number of nitro groups is 1. The first-order valence-electron chi connectivity index (χ1n) is 11.5. The molecule has 11 heteroatoms. The monoisotopic (exact) mass is 504 g/mol. The van der Waals surface area contributed by atoms with Crippen LogP contribution in [0.2, 0.25) is 0 Å². The van der Waals surface area contributed by atoms with E-state index in [9.17, 15) is 14.9 Å². The fourth-order valence-electron chi connectivity index (χ4n) is 3.47. The minimum Gasteiger partial charge on any atom is -0.494 e. The van der Waals surface area contributed by atoms with Crippen LogP contribution >= 0.6 is 0 Å². The number of methoxy groups -OCH3 is 1. The first-order chi connectivity index (χ1) is 17.7. The molecule has 0 heterocycles. The number of azo groups is 2. The van der Waals surface area contributed by atoms with Gasteiger partial charge in [-0.05, 0) is 67.8 Å². The first-order valence-corrected chi connectivity index (χ1v) is 11.5. The molecular weight excluding hydrogens is 476 g/mol. The predicted octanol–water partition coefficient (Wildman–Crippen LogP) is 7.35. The number of benzene rings is 3. The zero-order valence-corrected chi connectivity index (χ0v) is 21.1. The average Bonchev–Trinajstić information content (AvgIpc) is 2.87. The van der Waals surface area contributed by atoms with Gasteiger partial charge in [-0.2, -0.15) is 5.11 Å². The lowest BCUT2D eigenvalue weighted by molar-refractivity contribution is -0.384. The van der Waals surface area contributed by atoms with Crippen molar-refractivity contribution in [2.45, 2.75) is 26.7 Å². The molecule has 0 fully saturated rings. The fraction of sp³-hybridized carbons (Fsp3) is 0.269. The highest BCUT2D eigenvalue weighted by molar-refractivity contribution is 5.67. The van der Waals surface area contributed by atoms with Crippen LogP contribution in [-0.4, -0.2) is 36.7 Å². The molecule has 0 atom stereocenters. The molecule has 192 valence electrons. The van der Waals surface area contributed by atoms with E-state index in [1.807, 2.05) is 43.1 Å². The summed E-state index contributed by atoms with van der Waals surface area (Å²) in [6, 6.07) is 15.6. The molecule has 0 aliphatic rings. The quantitative estimate of drug-likeness (QED) is 0.164. The molecule has 0 saturated carbocycles. The van der Waals surface area contributed by atoms with Gasteiger partial charge in [0.25, 0.3) is 5.69 Å². The summed E-state index contributed by atoms with van der Waals surface area (Å²) in [6.07, 6.45) is 0.688.